The third-order valence-electron chi connectivity index (χ3n) is 6.15. The number of non-ortho nitro benzene ring substituents is 1. The molecule has 0 spiro atoms. The van der Waals surface area contributed by atoms with Gasteiger partial charge >= 0.3 is 0 Å². The topological polar surface area (TPSA) is 161 Å². The Hall–Kier alpha value is -5.15. The monoisotopic (exact) mass is 559 g/mol. The Balaban J connectivity index is 1.59. The summed E-state index contributed by atoms with van der Waals surface area (Å²) < 4.78 is 0. The number of amides is 3. The molecular weight excluding hydrogens is 538 g/mol. The van der Waals surface area contributed by atoms with Crippen LogP contribution in [0.2, 0.25) is 5.02 Å². The van der Waals surface area contributed by atoms with Gasteiger partial charge in [0.15, 0.2) is 0 Å². The van der Waals surface area contributed by atoms with Gasteiger partial charge in [0.25, 0.3) is 17.5 Å². The SMILES string of the molecule is CCN(CCN1C(=O)c2ccccc2C1=O)c1ccc(/N=N/c2c(Cl)cc([N+](=O)[O-])cc2C#N)c(NC(C)=O)c1. The zero-order valence-electron chi connectivity index (χ0n) is 21.4. The lowest BCUT2D eigenvalue weighted by Crippen LogP contribution is -2.38. The molecule has 0 aliphatic carbocycles. The quantitative estimate of drug-likeness (QED) is 0.154. The summed E-state index contributed by atoms with van der Waals surface area (Å²) >= 11 is 6.13. The predicted molar refractivity (Wildman–Crippen MR) is 147 cm³/mol. The lowest BCUT2D eigenvalue weighted by Gasteiger charge is -2.26. The number of fused-ring (bicyclic) bond motifs is 1. The van der Waals surface area contributed by atoms with E-state index in [9.17, 15) is 29.8 Å². The van der Waals surface area contributed by atoms with E-state index in [2.05, 4.69) is 15.5 Å². The van der Waals surface area contributed by atoms with Crippen LogP contribution >= 0.6 is 11.6 Å². The largest absolute Gasteiger partial charge is 0.370 e. The predicted octanol–water partition coefficient (Wildman–Crippen LogP) is 5.62. The maximum Gasteiger partial charge on any atom is 0.272 e. The van der Waals surface area contributed by atoms with Gasteiger partial charge in [-0.15, -0.1) is 10.2 Å². The van der Waals surface area contributed by atoms with Gasteiger partial charge in [0.2, 0.25) is 5.91 Å². The molecule has 4 rings (SSSR count). The Labute approximate surface area is 233 Å². The van der Waals surface area contributed by atoms with Gasteiger partial charge in [0, 0.05) is 44.4 Å². The molecule has 0 unspecified atom stereocenters. The van der Waals surface area contributed by atoms with Crippen molar-refractivity contribution in [2.24, 2.45) is 10.2 Å². The van der Waals surface area contributed by atoms with E-state index in [-0.39, 0.29) is 51.9 Å². The first-order chi connectivity index (χ1) is 19.1. The van der Waals surface area contributed by atoms with E-state index in [0.717, 1.165) is 12.1 Å². The Morgan fingerprint density at radius 1 is 1.12 bits per heavy atom. The minimum Gasteiger partial charge on any atom is -0.370 e. The molecule has 40 heavy (non-hydrogen) atoms. The number of nitro benzene ring substituents is 1. The number of hydrogen-bond acceptors (Lipinski definition) is 9. The average Bonchev–Trinajstić information content (AvgIpc) is 3.17. The van der Waals surface area contributed by atoms with Crippen LogP contribution in [0, 0.1) is 21.4 Å². The van der Waals surface area contributed by atoms with Gasteiger partial charge in [-0.05, 0) is 37.3 Å². The first-order valence-corrected chi connectivity index (χ1v) is 12.4. The molecule has 0 atom stereocenters. The number of azo groups is 1. The van der Waals surface area contributed by atoms with Crippen LogP contribution in [0.1, 0.15) is 40.1 Å². The van der Waals surface area contributed by atoms with Crippen molar-refractivity contribution in [3.05, 3.63) is 86.4 Å². The van der Waals surface area contributed by atoms with Crippen LogP contribution in [0.15, 0.2) is 64.8 Å². The highest BCUT2D eigenvalue weighted by Gasteiger charge is 2.35. The number of hydrogen-bond donors (Lipinski definition) is 1. The molecule has 3 amide bonds. The molecule has 3 aromatic carbocycles. The first-order valence-electron chi connectivity index (χ1n) is 12.1. The van der Waals surface area contributed by atoms with Gasteiger partial charge in [0.05, 0.1) is 32.3 Å². The van der Waals surface area contributed by atoms with Crippen LogP contribution in [-0.2, 0) is 4.79 Å². The number of nitriles is 1. The summed E-state index contributed by atoms with van der Waals surface area (Å²) in [5, 5.41) is 31.2. The summed E-state index contributed by atoms with van der Waals surface area (Å²) in [5.74, 6) is -1.05. The number of nitrogens with one attached hydrogen (secondary N) is 1. The van der Waals surface area contributed by atoms with Crippen molar-refractivity contribution in [2.45, 2.75) is 13.8 Å². The molecule has 1 aliphatic rings. The Bertz CT molecular complexity index is 1580. The van der Waals surface area contributed by atoms with Gasteiger partial charge in [-0.1, -0.05) is 23.7 Å². The van der Waals surface area contributed by atoms with Crippen LogP contribution in [0.5, 0.6) is 0 Å². The van der Waals surface area contributed by atoms with E-state index >= 15 is 0 Å². The molecule has 1 N–H and O–H groups in total. The lowest BCUT2D eigenvalue weighted by molar-refractivity contribution is -0.384. The van der Waals surface area contributed by atoms with Gasteiger partial charge in [0.1, 0.15) is 17.4 Å². The summed E-state index contributed by atoms with van der Waals surface area (Å²) in [7, 11) is 0. The zero-order chi connectivity index (χ0) is 29.0. The highest BCUT2D eigenvalue weighted by atomic mass is 35.5. The molecule has 0 saturated heterocycles. The highest BCUT2D eigenvalue weighted by molar-refractivity contribution is 6.33. The zero-order valence-corrected chi connectivity index (χ0v) is 22.2. The maximum absolute atomic E-state index is 12.7. The van der Waals surface area contributed by atoms with E-state index in [0.29, 0.717) is 35.6 Å². The minimum atomic E-state index is -0.672. The fourth-order valence-corrected chi connectivity index (χ4v) is 4.46. The summed E-state index contributed by atoms with van der Waals surface area (Å²) in [6.45, 7) is 4.27. The van der Waals surface area contributed by atoms with E-state index in [1.54, 1.807) is 42.5 Å². The Kier molecular flexibility index (Phi) is 8.16. The van der Waals surface area contributed by atoms with Crippen molar-refractivity contribution in [2.75, 3.05) is 29.9 Å². The summed E-state index contributed by atoms with van der Waals surface area (Å²) in [6, 6.07) is 15.6. The second-order valence-corrected chi connectivity index (χ2v) is 9.07. The molecular formula is C27H22ClN7O5. The number of halogens is 1. The highest BCUT2D eigenvalue weighted by Crippen LogP contribution is 2.36. The molecule has 0 radical (unpaired) electrons. The van der Waals surface area contributed by atoms with E-state index in [1.807, 2.05) is 17.9 Å². The first kappa shape index (κ1) is 27.9. The molecule has 13 heteroatoms. The summed E-state index contributed by atoms with van der Waals surface area (Å²) in [4.78, 5) is 50.9. The molecule has 12 nitrogen and oxygen atoms in total. The Morgan fingerprint density at radius 3 is 2.38 bits per heavy atom. The summed E-state index contributed by atoms with van der Waals surface area (Å²) in [5.41, 5.74) is 1.46. The fourth-order valence-electron chi connectivity index (χ4n) is 4.21. The van der Waals surface area contributed by atoms with Gasteiger partial charge < -0.3 is 10.2 Å². The van der Waals surface area contributed by atoms with Crippen LogP contribution in [0.25, 0.3) is 0 Å². The van der Waals surface area contributed by atoms with E-state index < -0.39 is 4.92 Å². The lowest BCUT2D eigenvalue weighted by atomic mass is 10.1. The van der Waals surface area contributed by atoms with Crippen molar-refractivity contribution in [3.8, 4) is 6.07 Å². The molecule has 0 fully saturated rings. The number of benzene rings is 3. The molecule has 1 aliphatic heterocycles. The second-order valence-electron chi connectivity index (χ2n) is 8.66. The van der Waals surface area contributed by atoms with Gasteiger partial charge in [-0.3, -0.25) is 29.4 Å². The molecule has 0 bridgehead atoms. The summed E-state index contributed by atoms with van der Waals surface area (Å²) in [6.07, 6.45) is 0. The van der Waals surface area contributed by atoms with Crippen LogP contribution < -0.4 is 10.2 Å². The van der Waals surface area contributed by atoms with Gasteiger partial charge in [-0.2, -0.15) is 5.26 Å². The van der Waals surface area contributed by atoms with Crippen LogP contribution in [0.4, 0.5) is 28.4 Å². The number of imide groups is 1. The number of carbonyl (C=O) groups is 3. The molecule has 0 aromatic heterocycles. The molecule has 202 valence electrons. The molecule has 1 heterocycles. The maximum atomic E-state index is 12.7. The third-order valence-corrected chi connectivity index (χ3v) is 6.43. The number of anilines is 2. The number of nitro groups is 1. The Morgan fingerprint density at radius 2 is 1.80 bits per heavy atom. The van der Waals surface area contributed by atoms with Crippen molar-refractivity contribution in [3.63, 3.8) is 0 Å². The number of nitrogens with zero attached hydrogens (tertiary/aromatic N) is 6. The van der Waals surface area contributed by atoms with Crippen molar-refractivity contribution >= 4 is 57.8 Å². The second kappa shape index (κ2) is 11.7. The van der Waals surface area contributed by atoms with E-state index in [4.69, 9.17) is 11.6 Å². The normalized spacial score (nSPS) is 12.4. The molecule has 3 aromatic rings. The standard InChI is InChI=1S/C27H22ClN7O5/c1-3-33(10-11-34-26(37)20-6-4-5-7-21(20)27(34)38)18-8-9-23(24(14-18)30-16(2)36)31-32-25-17(15-29)12-19(35(39)40)13-22(25)28/h4-9,12-14H,3,10-11H2,1-2H3,(H,30,36)/b32-31+. The average molecular weight is 560 g/mol. The van der Waals surface area contributed by atoms with Crippen molar-refractivity contribution < 1.29 is 19.3 Å². The van der Waals surface area contributed by atoms with Crippen LogP contribution in [0.3, 0.4) is 0 Å². The van der Waals surface area contributed by atoms with Crippen molar-refractivity contribution in [1.29, 1.82) is 5.26 Å². The van der Waals surface area contributed by atoms with E-state index in [1.165, 1.54) is 11.8 Å². The van der Waals surface area contributed by atoms with Crippen molar-refractivity contribution in [1.82, 2.24) is 4.90 Å². The smallest absolute Gasteiger partial charge is 0.272 e. The fraction of sp³-hybridized carbons (Fsp3) is 0.185. The third kappa shape index (κ3) is 5.64. The van der Waals surface area contributed by atoms with Crippen LogP contribution in [-0.4, -0.2) is 47.2 Å². The number of likely N-dealkylation sites (N-methyl/N-ethyl adjacent to an activating group) is 1. The number of rotatable bonds is 9. The number of carbonyl (C=O) groups excluding carboxylic acids is 3. The minimum absolute atomic E-state index is 0.0521. The van der Waals surface area contributed by atoms with Gasteiger partial charge in [-0.25, -0.2) is 0 Å². The molecule has 0 saturated carbocycles.